The lowest BCUT2D eigenvalue weighted by molar-refractivity contribution is 0.762. The Kier molecular flexibility index (Phi) is 3.72. The summed E-state index contributed by atoms with van der Waals surface area (Å²) >= 11 is 0. The maximum Gasteiger partial charge on any atom is 0.161 e. The molecular weight excluding hydrogens is 350 g/mol. The molecule has 0 radical (unpaired) electrons. The van der Waals surface area contributed by atoms with Crippen LogP contribution < -0.4 is 10.3 Å². The maximum atomic E-state index is 4.70. The Morgan fingerprint density at radius 2 is 1.93 bits per heavy atom. The first kappa shape index (κ1) is 16.3. The van der Waals surface area contributed by atoms with Crippen LogP contribution in [-0.2, 0) is 0 Å². The fourth-order valence-electron chi connectivity index (χ4n) is 3.34. The number of benzene rings is 2. The number of anilines is 2. The highest BCUT2D eigenvalue weighted by Crippen LogP contribution is 2.25. The number of hydrogen-bond acceptors (Lipinski definition) is 5. The highest BCUT2D eigenvalue weighted by Gasteiger charge is 2.08. The minimum absolute atomic E-state index is 0.683. The van der Waals surface area contributed by atoms with Crippen LogP contribution in [0.25, 0.3) is 33.2 Å². The molecule has 3 aromatic heterocycles. The van der Waals surface area contributed by atoms with E-state index in [0.29, 0.717) is 5.82 Å². The van der Waals surface area contributed by atoms with Crippen molar-refractivity contribution >= 4 is 33.3 Å². The van der Waals surface area contributed by atoms with Gasteiger partial charge in [-0.25, -0.2) is 9.97 Å². The molecule has 0 aliphatic rings. The quantitative estimate of drug-likeness (QED) is 0.502. The number of H-pyrrole nitrogens is 1. The van der Waals surface area contributed by atoms with Crippen LogP contribution in [0.1, 0.15) is 0 Å². The summed E-state index contributed by atoms with van der Waals surface area (Å²) in [5.74, 6) is 1.43. The molecular formula is C21H19N7. The van der Waals surface area contributed by atoms with Crippen molar-refractivity contribution in [3.63, 3.8) is 0 Å². The van der Waals surface area contributed by atoms with E-state index >= 15 is 0 Å². The predicted octanol–water partition coefficient (Wildman–Crippen LogP) is 3.92. The van der Waals surface area contributed by atoms with Crippen molar-refractivity contribution < 1.29 is 0 Å². The van der Waals surface area contributed by atoms with E-state index in [0.717, 1.165) is 33.5 Å². The normalized spacial score (nSPS) is 11.2. The molecule has 5 rings (SSSR count). The van der Waals surface area contributed by atoms with Crippen LogP contribution in [0.5, 0.6) is 0 Å². The largest absolute Gasteiger partial charge is 0.340 e. The highest BCUT2D eigenvalue weighted by atomic mass is 15.5. The summed E-state index contributed by atoms with van der Waals surface area (Å²) in [5.41, 5.74) is 4.06. The molecule has 0 aliphatic carbocycles. The van der Waals surface area contributed by atoms with Gasteiger partial charge in [0.05, 0.1) is 17.2 Å². The van der Waals surface area contributed by atoms with E-state index in [4.69, 9.17) is 4.98 Å². The number of nitrogens with one attached hydrogen (secondary N) is 2. The van der Waals surface area contributed by atoms with Gasteiger partial charge in [0, 0.05) is 48.5 Å². The summed E-state index contributed by atoms with van der Waals surface area (Å²) in [6.07, 6.45) is 5.64. The van der Waals surface area contributed by atoms with Gasteiger partial charge in [-0.2, -0.15) is 5.10 Å². The molecule has 7 nitrogen and oxygen atoms in total. The average molecular weight is 369 g/mol. The lowest BCUT2D eigenvalue weighted by atomic mass is 10.1. The SMILES string of the molecule is CN(C)n1ccc2ccc(-c3nccc(Nc4ccc5[nH]ncc5c4)n3)cc21. The number of rotatable bonds is 4. The Bertz CT molecular complexity index is 1280. The zero-order valence-electron chi connectivity index (χ0n) is 15.6. The number of fused-ring (bicyclic) bond motifs is 2. The third-order valence-electron chi connectivity index (χ3n) is 4.73. The molecule has 138 valence electrons. The van der Waals surface area contributed by atoms with Gasteiger partial charge in [-0.15, -0.1) is 0 Å². The van der Waals surface area contributed by atoms with Crippen LogP contribution in [0.2, 0.25) is 0 Å². The second-order valence-corrected chi connectivity index (χ2v) is 6.84. The Balaban J connectivity index is 1.49. The molecule has 0 amide bonds. The third-order valence-corrected chi connectivity index (χ3v) is 4.73. The Hall–Kier alpha value is -3.87. The molecule has 0 unspecified atom stereocenters. The molecule has 2 N–H and O–H groups in total. The van der Waals surface area contributed by atoms with Crippen LogP contribution in [0, 0.1) is 0 Å². The Labute approximate surface area is 161 Å². The van der Waals surface area contributed by atoms with Gasteiger partial charge in [0.2, 0.25) is 0 Å². The fourth-order valence-corrected chi connectivity index (χ4v) is 3.34. The minimum atomic E-state index is 0.683. The van der Waals surface area contributed by atoms with Crippen molar-refractivity contribution in [3.05, 3.63) is 67.1 Å². The van der Waals surface area contributed by atoms with Crippen molar-refractivity contribution in [2.75, 3.05) is 24.4 Å². The lowest BCUT2D eigenvalue weighted by Gasteiger charge is -2.16. The van der Waals surface area contributed by atoms with Gasteiger partial charge >= 0.3 is 0 Å². The second-order valence-electron chi connectivity index (χ2n) is 6.84. The third kappa shape index (κ3) is 2.83. The number of nitrogens with zero attached hydrogens (tertiary/aromatic N) is 5. The van der Waals surface area contributed by atoms with E-state index in [9.17, 15) is 0 Å². The van der Waals surface area contributed by atoms with Crippen molar-refractivity contribution in [2.24, 2.45) is 0 Å². The molecule has 2 aromatic carbocycles. The van der Waals surface area contributed by atoms with E-state index < -0.39 is 0 Å². The highest BCUT2D eigenvalue weighted by molar-refractivity contribution is 5.85. The first-order valence-electron chi connectivity index (χ1n) is 9.00. The standard InChI is InChI=1S/C21H19N7/c1-27(2)28-10-8-14-3-4-15(12-19(14)28)21-22-9-7-20(25-21)24-17-5-6-18-16(11-17)13-23-26-18/h3-13H,1-2H3,(H,23,26)(H,22,24,25). The van der Waals surface area contributed by atoms with Crippen LogP contribution >= 0.6 is 0 Å². The second kappa shape index (κ2) is 6.38. The Morgan fingerprint density at radius 3 is 2.82 bits per heavy atom. The topological polar surface area (TPSA) is 74.7 Å². The molecule has 7 heteroatoms. The summed E-state index contributed by atoms with van der Waals surface area (Å²) in [6.45, 7) is 0. The molecule has 5 aromatic rings. The molecule has 0 fully saturated rings. The molecule has 0 saturated carbocycles. The van der Waals surface area contributed by atoms with Crippen LogP contribution in [-0.4, -0.2) is 38.9 Å². The average Bonchev–Trinajstić information content (AvgIpc) is 3.34. The summed E-state index contributed by atoms with van der Waals surface area (Å²) in [4.78, 5) is 9.17. The monoisotopic (exact) mass is 369 g/mol. The van der Waals surface area contributed by atoms with E-state index in [1.807, 2.05) is 43.4 Å². The van der Waals surface area contributed by atoms with Crippen molar-refractivity contribution in [1.82, 2.24) is 24.8 Å². The zero-order valence-corrected chi connectivity index (χ0v) is 15.6. The van der Waals surface area contributed by atoms with Crippen molar-refractivity contribution in [2.45, 2.75) is 0 Å². The first-order valence-corrected chi connectivity index (χ1v) is 9.00. The van der Waals surface area contributed by atoms with E-state index in [-0.39, 0.29) is 0 Å². The van der Waals surface area contributed by atoms with Crippen LogP contribution in [0.15, 0.2) is 67.1 Å². The van der Waals surface area contributed by atoms with Gasteiger partial charge < -0.3 is 10.3 Å². The van der Waals surface area contributed by atoms with Gasteiger partial charge in [0.1, 0.15) is 5.82 Å². The van der Waals surface area contributed by atoms with E-state index in [2.05, 4.69) is 55.6 Å². The van der Waals surface area contributed by atoms with E-state index in [1.165, 1.54) is 5.39 Å². The van der Waals surface area contributed by atoms with Gasteiger partial charge in [-0.1, -0.05) is 12.1 Å². The lowest BCUT2D eigenvalue weighted by Crippen LogP contribution is -2.23. The van der Waals surface area contributed by atoms with Crippen LogP contribution in [0.4, 0.5) is 11.5 Å². The minimum Gasteiger partial charge on any atom is -0.340 e. The van der Waals surface area contributed by atoms with Crippen molar-refractivity contribution in [1.29, 1.82) is 0 Å². The van der Waals surface area contributed by atoms with Crippen molar-refractivity contribution in [3.8, 4) is 11.4 Å². The zero-order chi connectivity index (χ0) is 19.1. The van der Waals surface area contributed by atoms with Gasteiger partial charge in [-0.3, -0.25) is 9.77 Å². The summed E-state index contributed by atoms with van der Waals surface area (Å²) in [5, 5.41) is 14.6. The molecule has 0 bridgehead atoms. The number of hydrogen-bond donors (Lipinski definition) is 2. The molecule has 0 atom stereocenters. The molecule has 28 heavy (non-hydrogen) atoms. The summed E-state index contributed by atoms with van der Waals surface area (Å²) < 4.78 is 2.10. The number of aromatic nitrogens is 5. The molecule has 0 saturated heterocycles. The first-order chi connectivity index (χ1) is 13.7. The summed E-state index contributed by atoms with van der Waals surface area (Å²) in [6, 6.07) is 16.3. The van der Waals surface area contributed by atoms with Gasteiger partial charge in [0.15, 0.2) is 5.82 Å². The van der Waals surface area contributed by atoms with Gasteiger partial charge in [0.25, 0.3) is 0 Å². The number of aromatic amines is 1. The van der Waals surface area contributed by atoms with E-state index in [1.54, 1.807) is 12.4 Å². The molecule has 0 spiro atoms. The predicted molar refractivity (Wildman–Crippen MR) is 112 cm³/mol. The molecule has 0 aliphatic heterocycles. The summed E-state index contributed by atoms with van der Waals surface area (Å²) in [7, 11) is 4.04. The Morgan fingerprint density at radius 1 is 1.00 bits per heavy atom. The fraction of sp³-hybridized carbons (Fsp3) is 0.0952. The molecule has 3 heterocycles. The smallest absolute Gasteiger partial charge is 0.161 e. The maximum absolute atomic E-state index is 4.70. The van der Waals surface area contributed by atoms with Crippen LogP contribution in [0.3, 0.4) is 0 Å². The van der Waals surface area contributed by atoms with Gasteiger partial charge in [-0.05, 0) is 36.4 Å².